The molecule has 1 unspecified atom stereocenters. The second-order valence-corrected chi connectivity index (χ2v) is 11.4. The summed E-state index contributed by atoms with van der Waals surface area (Å²) in [5, 5.41) is 10.3. The van der Waals surface area contributed by atoms with Crippen molar-refractivity contribution in [1.29, 1.82) is 0 Å². The number of carbonyl (C=O) groups is 3. The Kier molecular flexibility index (Phi) is 9.94. The molecule has 1 aromatic heterocycles. The predicted octanol–water partition coefficient (Wildman–Crippen LogP) is 7.28. The van der Waals surface area contributed by atoms with Crippen molar-refractivity contribution in [3.63, 3.8) is 0 Å². The SMILES string of the molecule is CCC(Sc1cccc(NC(=O)/C(=C/c2cccs2)NC(=O)c2ccccc2)c1)C(=O)Nc1cccc(C)c1C. The van der Waals surface area contributed by atoms with Crippen LogP contribution in [0.4, 0.5) is 11.4 Å². The van der Waals surface area contributed by atoms with E-state index in [2.05, 4.69) is 16.0 Å². The molecule has 0 aliphatic rings. The number of benzene rings is 3. The van der Waals surface area contributed by atoms with E-state index in [0.29, 0.717) is 17.7 Å². The van der Waals surface area contributed by atoms with Gasteiger partial charge in [-0.15, -0.1) is 23.1 Å². The van der Waals surface area contributed by atoms with Crippen molar-refractivity contribution >= 4 is 58.3 Å². The summed E-state index contributed by atoms with van der Waals surface area (Å²) >= 11 is 2.91. The van der Waals surface area contributed by atoms with Gasteiger partial charge in [0.2, 0.25) is 5.91 Å². The van der Waals surface area contributed by atoms with Gasteiger partial charge in [-0.3, -0.25) is 14.4 Å². The molecule has 204 valence electrons. The Balaban J connectivity index is 1.47. The van der Waals surface area contributed by atoms with E-state index in [-0.39, 0.29) is 22.8 Å². The third kappa shape index (κ3) is 7.71. The average molecular weight is 570 g/mol. The average Bonchev–Trinajstić information content (AvgIpc) is 3.47. The fourth-order valence-electron chi connectivity index (χ4n) is 3.89. The number of aryl methyl sites for hydroxylation is 1. The molecule has 0 aliphatic heterocycles. The van der Waals surface area contributed by atoms with Crippen LogP contribution in [-0.4, -0.2) is 23.0 Å². The highest BCUT2D eigenvalue weighted by Crippen LogP contribution is 2.29. The zero-order valence-electron chi connectivity index (χ0n) is 22.6. The lowest BCUT2D eigenvalue weighted by atomic mass is 10.1. The van der Waals surface area contributed by atoms with Gasteiger partial charge in [0.05, 0.1) is 5.25 Å². The molecule has 0 saturated carbocycles. The smallest absolute Gasteiger partial charge is 0.272 e. The second kappa shape index (κ2) is 13.8. The number of rotatable bonds is 10. The lowest BCUT2D eigenvalue weighted by molar-refractivity contribution is -0.116. The molecule has 3 aromatic carbocycles. The summed E-state index contributed by atoms with van der Waals surface area (Å²) in [7, 11) is 0. The molecule has 8 heteroatoms. The highest BCUT2D eigenvalue weighted by molar-refractivity contribution is 8.00. The number of hydrogen-bond acceptors (Lipinski definition) is 5. The Morgan fingerprint density at radius 2 is 1.68 bits per heavy atom. The van der Waals surface area contributed by atoms with Crippen LogP contribution in [0.15, 0.2) is 101 Å². The van der Waals surface area contributed by atoms with E-state index in [1.165, 1.54) is 23.1 Å². The molecule has 1 atom stereocenters. The van der Waals surface area contributed by atoms with Gasteiger partial charge in [-0.1, -0.05) is 49.4 Å². The van der Waals surface area contributed by atoms with Crippen molar-refractivity contribution < 1.29 is 14.4 Å². The summed E-state index contributed by atoms with van der Waals surface area (Å²) in [6.45, 7) is 5.99. The van der Waals surface area contributed by atoms with E-state index in [9.17, 15) is 14.4 Å². The Morgan fingerprint density at radius 1 is 0.900 bits per heavy atom. The number of amides is 3. The molecule has 3 N–H and O–H groups in total. The van der Waals surface area contributed by atoms with Crippen LogP contribution >= 0.6 is 23.1 Å². The fraction of sp³-hybridized carbons (Fsp3) is 0.156. The van der Waals surface area contributed by atoms with Crippen LogP contribution in [-0.2, 0) is 9.59 Å². The number of nitrogens with one attached hydrogen (secondary N) is 3. The summed E-state index contributed by atoms with van der Waals surface area (Å²) in [6.07, 6.45) is 2.29. The van der Waals surface area contributed by atoms with Crippen molar-refractivity contribution in [3.05, 3.63) is 118 Å². The van der Waals surface area contributed by atoms with E-state index >= 15 is 0 Å². The van der Waals surface area contributed by atoms with Crippen LogP contribution in [0.2, 0.25) is 0 Å². The number of thioether (sulfide) groups is 1. The van der Waals surface area contributed by atoms with Crippen LogP contribution in [0.25, 0.3) is 6.08 Å². The fourth-order valence-corrected chi connectivity index (χ4v) is 5.56. The van der Waals surface area contributed by atoms with E-state index in [4.69, 9.17) is 0 Å². The van der Waals surface area contributed by atoms with Crippen molar-refractivity contribution in [2.75, 3.05) is 10.6 Å². The minimum Gasteiger partial charge on any atom is -0.325 e. The Morgan fingerprint density at radius 3 is 2.40 bits per heavy atom. The normalized spacial score (nSPS) is 11.9. The summed E-state index contributed by atoms with van der Waals surface area (Å²) < 4.78 is 0. The third-order valence-corrected chi connectivity index (χ3v) is 8.43. The number of hydrogen-bond donors (Lipinski definition) is 3. The first-order valence-electron chi connectivity index (χ1n) is 12.9. The Labute approximate surface area is 242 Å². The molecule has 0 radical (unpaired) electrons. The molecule has 0 saturated heterocycles. The first-order chi connectivity index (χ1) is 19.3. The maximum absolute atomic E-state index is 13.3. The molecular weight excluding hydrogens is 539 g/mol. The molecule has 0 bridgehead atoms. The maximum atomic E-state index is 13.3. The molecule has 3 amide bonds. The van der Waals surface area contributed by atoms with E-state index in [0.717, 1.165) is 26.6 Å². The maximum Gasteiger partial charge on any atom is 0.272 e. The molecule has 4 aromatic rings. The van der Waals surface area contributed by atoms with Gasteiger partial charge in [-0.2, -0.15) is 0 Å². The van der Waals surface area contributed by atoms with Crippen LogP contribution in [0.1, 0.15) is 39.7 Å². The lowest BCUT2D eigenvalue weighted by Crippen LogP contribution is -2.30. The first kappa shape index (κ1) is 28.9. The van der Waals surface area contributed by atoms with Gasteiger partial charge in [0.15, 0.2) is 0 Å². The minimum absolute atomic E-state index is 0.0690. The Hall–Kier alpha value is -4.14. The van der Waals surface area contributed by atoms with Gasteiger partial charge >= 0.3 is 0 Å². The van der Waals surface area contributed by atoms with Crippen molar-refractivity contribution in [2.24, 2.45) is 0 Å². The zero-order chi connectivity index (χ0) is 28.5. The van der Waals surface area contributed by atoms with Gasteiger partial charge < -0.3 is 16.0 Å². The van der Waals surface area contributed by atoms with Gasteiger partial charge in [0.25, 0.3) is 11.8 Å². The molecule has 0 aliphatic carbocycles. The number of thiophene rings is 1. The third-order valence-electron chi connectivity index (χ3n) is 6.25. The van der Waals surface area contributed by atoms with Crippen LogP contribution in [0.3, 0.4) is 0 Å². The quantitative estimate of drug-likeness (QED) is 0.138. The van der Waals surface area contributed by atoms with Crippen molar-refractivity contribution in [2.45, 2.75) is 37.3 Å². The highest BCUT2D eigenvalue weighted by Gasteiger charge is 2.20. The summed E-state index contributed by atoms with van der Waals surface area (Å²) in [4.78, 5) is 40.9. The topological polar surface area (TPSA) is 87.3 Å². The molecule has 0 fully saturated rings. The van der Waals surface area contributed by atoms with Crippen LogP contribution in [0.5, 0.6) is 0 Å². The molecule has 1 heterocycles. The predicted molar refractivity (Wildman–Crippen MR) is 166 cm³/mol. The van der Waals surface area contributed by atoms with Gasteiger partial charge in [0.1, 0.15) is 5.70 Å². The zero-order valence-corrected chi connectivity index (χ0v) is 24.2. The van der Waals surface area contributed by atoms with Gasteiger partial charge in [-0.05, 0) is 85.3 Å². The monoisotopic (exact) mass is 569 g/mol. The van der Waals surface area contributed by atoms with Gasteiger partial charge in [-0.25, -0.2) is 0 Å². The lowest BCUT2D eigenvalue weighted by Gasteiger charge is -2.17. The van der Waals surface area contributed by atoms with Gasteiger partial charge in [0, 0.05) is 26.7 Å². The summed E-state index contributed by atoms with van der Waals surface area (Å²) in [6, 6.07) is 25.7. The summed E-state index contributed by atoms with van der Waals surface area (Å²) in [5.74, 6) is -0.886. The van der Waals surface area contributed by atoms with Crippen LogP contribution < -0.4 is 16.0 Å². The standard InChI is InChI=1S/C32H31N3O3S2/c1-4-29(32(38)34-27-17-8-11-21(2)22(27)3)40-26-15-9-14-24(19-26)33-31(37)28(20-25-16-10-18-39-25)35-30(36)23-12-6-5-7-13-23/h5-20,29H,4H2,1-3H3,(H,33,37)(H,34,38)(H,35,36)/b28-20-. The molecule has 40 heavy (non-hydrogen) atoms. The largest absolute Gasteiger partial charge is 0.325 e. The number of anilines is 2. The second-order valence-electron chi connectivity index (χ2n) is 9.13. The van der Waals surface area contributed by atoms with E-state index < -0.39 is 5.91 Å². The molecule has 4 rings (SSSR count). The molecule has 6 nitrogen and oxygen atoms in total. The molecule has 0 spiro atoms. The van der Waals surface area contributed by atoms with Crippen molar-refractivity contribution in [3.8, 4) is 0 Å². The Bertz CT molecular complexity index is 1520. The molecular formula is C32H31N3O3S2. The first-order valence-corrected chi connectivity index (χ1v) is 14.7. The van der Waals surface area contributed by atoms with Crippen molar-refractivity contribution in [1.82, 2.24) is 5.32 Å². The summed E-state index contributed by atoms with van der Waals surface area (Å²) in [5.41, 5.74) is 4.13. The number of carbonyl (C=O) groups excluding carboxylic acids is 3. The minimum atomic E-state index is -0.445. The van der Waals surface area contributed by atoms with E-state index in [1.807, 2.05) is 80.7 Å². The van der Waals surface area contributed by atoms with Crippen LogP contribution in [0, 0.1) is 13.8 Å². The highest BCUT2D eigenvalue weighted by atomic mass is 32.2. The van der Waals surface area contributed by atoms with E-state index in [1.54, 1.807) is 36.4 Å².